The van der Waals surface area contributed by atoms with Gasteiger partial charge in [0, 0.05) is 30.3 Å². The predicted octanol–water partition coefficient (Wildman–Crippen LogP) is 3.85. The Kier molecular flexibility index (Phi) is 3.98. The zero-order valence-corrected chi connectivity index (χ0v) is 12.8. The van der Waals surface area contributed by atoms with Gasteiger partial charge in [-0.1, -0.05) is 30.3 Å². The quantitative estimate of drug-likeness (QED) is 0.638. The molecule has 1 aliphatic rings. The van der Waals surface area contributed by atoms with Crippen LogP contribution >= 0.6 is 0 Å². The van der Waals surface area contributed by atoms with Gasteiger partial charge in [0.25, 0.3) is 5.69 Å². The van der Waals surface area contributed by atoms with Crippen molar-refractivity contribution in [2.75, 3.05) is 11.4 Å². The number of hydrogen-bond donors (Lipinski definition) is 0. The van der Waals surface area contributed by atoms with Crippen LogP contribution in [0.5, 0.6) is 0 Å². The van der Waals surface area contributed by atoms with E-state index in [1.165, 1.54) is 11.6 Å². The van der Waals surface area contributed by atoms with E-state index in [2.05, 4.69) is 24.0 Å². The molecule has 0 saturated carbocycles. The third kappa shape index (κ3) is 2.76. The molecule has 0 bridgehead atoms. The number of nitro groups is 1. The van der Waals surface area contributed by atoms with Crippen molar-refractivity contribution in [2.24, 2.45) is 0 Å². The molecule has 2 unspecified atom stereocenters. The third-order valence-electron chi connectivity index (χ3n) is 4.61. The van der Waals surface area contributed by atoms with E-state index in [9.17, 15) is 10.1 Å². The fourth-order valence-corrected chi connectivity index (χ4v) is 3.40. The minimum atomic E-state index is -0.511. The van der Waals surface area contributed by atoms with Gasteiger partial charge in [0.15, 0.2) is 0 Å². The van der Waals surface area contributed by atoms with E-state index >= 15 is 0 Å². The Morgan fingerprint density at radius 1 is 1.26 bits per heavy atom. The Balaban J connectivity index is 1.89. The molecule has 0 radical (unpaired) electrons. The Morgan fingerprint density at radius 2 is 2.00 bits per heavy atom. The minimum absolute atomic E-state index is 0.114. The van der Waals surface area contributed by atoms with E-state index < -0.39 is 4.92 Å². The molecule has 1 saturated heterocycles. The van der Waals surface area contributed by atoms with E-state index in [4.69, 9.17) is 5.26 Å². The molecular formula is C18H17N3O2. The number of rotatable bonds is 3. The Bertz CT molecular complexity index is 768. The molecule has 1 aliphatic heterocycles. The third-order valence-corrected chi connectivity index (χ3v) is 4.61. The van der Waals surface area contributed by atoms with Crippen LogP contribution in [0, 0.1) is 21.4 Å². The molecule has 116 valence electrons. The second kappa shape index (κ2) is 6.09. The molecule has 2 atom stereocenters. The lowest BCUT2D eigenvalue weighted by Crippen LogP contribution is -2.29. The summed E-state index contributed by atoms with van der Waals surface area (Å²) in [6.07, 6.45) is 1.03. The van der Waals surface area contributed by atoms with Crippen molar-refractivity contribution in [1.29, 1.82) is 5.26 Å². The van der Waals surface area contributed by atoms with Gasteiger partial charge in [-0.2, -0.15) is 5.26 Å². The first-order valence-corrected chi connectivity index (χ1v) is 7.62. The van der Waals surface area contributed by atoms with Crippen molar-refractivity contribution in [3.05, 3.63) is 69.8 Å². The SMILES string of the molecule is CC1C(c2ccccc2)CCN1c1ccc([N+](=O)[O-])c(C#N)c1. The van der Waals surface area contributed by atoms with Gasteiger partial charge in [0.05, 0.1) is 4.92 Å². The van der Waals surface area contributed by atoms with Gasteiger partial charge in [-0.25, -0.2) is 0 Å². The Morgan fingerprint density at radius 3 is 2.65 bits per heavy atom. The van der Waals surface area contributed by atoms with Crippen LogP contribution in [-0.4, -0.2) is 17.5 Å². The van der Waals surface area contributed by atoms with Crippen LogP contribution in [0.15, 0.2) is 48.5 Å². The molecule has 1 heterocycles. The van der Waals surface area contributed by atoms with Crippen molar-refractivity contribution in [2.45, 2.75) is 25.3 Å². The first kappa shape index (κ1) is 15.0. The average Bonchev–Trinajstić information content (AvgIpc) is 2.96. The van der Waals surface area contributed by atoms with Crippen LogP contribution in [0.2, 0.25) is 0 Å². The van der Waals surface area contributed by atoms with Gasteiger partial charge in [0.1, 0.15) is 11.6 Å². The highest BCUT2D eigenvalue weighted by Crippen LogP contribution is 2.37. The molecular weight excluding hydrogens is 290 g/mol. The number of benzene rings is 2. The number of anilines is 1. The molecule has 2 aromatic rings. The van der Waals surface area contributed by atoms with Gasteiger partial charge in [-0.15, -0.1) is 0 Å². The summed E-state index contributed by atoms with van der Waals surface area (Å²) < 4.78 is 0. The zero-order valence-electron chi connectivity index (χ0n) is 12.8. The van der Waals surface area contributed by atoms with Gasteiger partial charge in [-0.3, -0.25) is 10.1 Å². The molecule has 5 nitrogen and oxygen atoms in total. The van der Waals surface area contributed by atoms with Crippen LogP contribution in [0.25, 0.3) is 0 Å². The lowest BCUT2D eigenvalue weighted by Gasteiger charge is -2.27. The van der Waals surface area contributed by atoms with Crippen LogP contribution in [-0.2, 0) is 0 Å². The Labute approximate surface area is 134 Å². The monoisotopic (exact) mass is 307 g/mol. The summed E-state index contributed by atoms with van der Waals surface area (Å²) in [6.45, 7) is 3.04. The highest BCUT2D eigenvalue weighted by molar-refractivity contribution is 5.61. The molecule has 0 aliphatic carbocycles. The number of hydrogen-bond acceptors (Lipinski definition) is 4. The van der Waals surface area contributed by atoms with Crippen LogP contribution in [0.4, 0.5) is 11.4 Å². The van der Waals surface area contributed by atoms with E-state index in [1.54, 1.807) is 12.1 Å². The number of nitrogens with zero attached hydrogens (tertiary/aromatic N) is 3. The molecule has 0 N–H and O–H groups in total. The van der Waals surface area contributed by atoms with Gasteiger partial charge in [0.2, 0.25) is 0 Å². The summed E-state index contributed by atoms with van der Waals surface area (Å²) in [6, 6.07) is 17.4. The minimum Gasteiger partial charge on any atom is -0.368 e. The van der Waals surface area contributed by atoms with E-state index in [1.807, 2.05) is 24.3 Å². The first-order valence-electron chi connectivity index (χ1n) is 7.62. The number of nitro benzene ring substituents is 1. The normalized spacial score (nSPS) is 20.3. The average molecular weight is 307 g/mol. The summed E-state index contributed by atoms with van der Waals surface area (Å²) in [5.41, 5.74) is 2.16. The molecule has 0 aromatic heterocycles. The first-order chi connectivity index (χ1) is 11.1. The Hall–Kier alpha value is -2.87. The van der Waals surface area contributed by atoms with Crippen LogP contribution in [0.3, 0.4) is 0 Å². The fraction of sp³-hybridized carbons (Fsp3) is 0.278. The summed E-state index contributed by atoms with van der Waals surface area (Å²) >= 11 is 0. The molecule has 2 aromatic carbocycles. The van der Waals surface area contributed by atoms with Crippen molar-refractivity contribution in [1.82, 2.24) is 0 Å². The molecule has 1 fully saturated rings. The molecule has 0 amide bonds. The van der Waals surface area contributed by atoms with E-state index in [0.29, 0.717) is 5.92 Å². The molecule has 0 spiro atoms. The van der Waals surface area contributed by atoms with Gasteiger partial charge >= 0.3 is 0 Å². The van der Waals surface area contributed by atoms with Crippen LogP contribution < -0.4 is 4.90 Å². The smallest absolute Gasteiger partial charge is 0.287 e. The molecule has 3 rings (SSSR count). The van der Waals surface area contributed by atoms with E-state index in [-0.39, 0.29) is 17.3 Å². The highest BCUT2D eigenvalue weighted by atomic mass is 16.6. The highest BCUT2D eigenvalue weighted by Gasteiger charge is 2.32. The maximum atomic E-state index is 11.0. The lowest BCUT2D eigenvalue weighted by molar-refractivity contribution is -0.385. The van der Waals surface area contributed by atoms with Crippen molar-refractivity contribution in [3.63, 3.8) is 0 Å². The number of nitriles is 1. The fourth-order valence-electron chi connectivity index (χ4n) is 3.40. The second-order valence-electron chi connectivity index (χ2n) is 5.81. The van der Waals surface area contributed by atoms with E-state index in [0.717, 1.165) is 18.7 Å². The molecule has 23 heavy (non-hydrogen) atoms. The zero-order chi connectivity index (χ0) is 16.4. The maximum Gasteiger partial charge on any atom is 0.287 e. The van der Waals surface area contributed by atoms with Crippen molar-refractivity contribution < 1.29 is 4.92 Å². The second-order valence-corrected chi connectivity index (χ2v) is 5.81. The summed E-state index contributed by atoms with van der Waals surface area (Å²) in [5.74, 6) is 0.428. The predicted molar refractivity (Wildman–Crippen MR) is 88.4 cm³/mol. The summed E-state index contributed by atoms with van der Waals surface area (Å²) in [7, 11) is 0. The van der Waals surface area contributed by atoms with Gasteiger partial charge < -0.3 is 4.90 Å². The topological polar surface area (TPSA) is 70.2 Å². The lowest BCUT2D eigenvalue weighted by atomic mass is 9.93. The summed E-state index contributed by atoms with van der Waals surface area (Å²) in [4.78, 5) is 12.7. The van der Waals surface area contributed by atoms with Crippen molar-refractivity contribution >= 4 is 11.4 Å². The standard InChI is InChI=1S/C18H17N3O2/c1-13-17(14-5-3-2-4-6-14)9-10-20(13)16-7-8-18(21(22)23)15(11-16)12-19/h2-8,11,13,17H,9-10H2,1H3. The summed E-state index contributed by atoms with van der Waals surface area (Å²) in [5, 5.41) is 20.1. The largest absolute Gasteiger partial charge is 0.368 e. The van der Waals surface area contributed by atoms with Gasteiger partial charge in [-0.05, 0) is 31.0 Å². The maximum absolute atomic E-state index is 11.0. The van der Waals surface area contributed by atoms with Crippen LogP contribution in [0.1, 0.15) is 30.4 Å². The van der Waals surface area contributed by atoms with Crippen molar-refractivity contribution in [3.8, 4) is 6.07 Å². The molecule has 5 heteroatoms.